The smallest absolute Gasteiger partial charge is 0.292 e. The van der Waals surface area contributed by atoms with Crippen LogP contribution in [-0.4, -0.2) is 17.6 Å². The van der Waals surface area contributed by atoms with E-state index in [9.17, 15) is 8.78 Å². The third-order valence-electron chi connectivity index (χ3n) is 3.42. The number of aryl methyl sites for hydroxylation is 1. The highest BCUT2D eigenvalue weighted by molar-refractivity contribution is 9.10. The first-order chi connectivity index (χ1) is 7.90. The first-order valence-electron chi connectivity index (χ1n) is 5.47. The van der Waals surface area contributed by atoms with Gasteiger partial charge in [0, 0.05) is 4.47 Å². The molecule has 94 valence electrons. The molecule has 0 unspecified atom stereocenters. The maximum atomic E-state index is 13.8. The Bertz CT molecular complexity index is 439. The number of fused-ring (bicyclic) bond motifs is 1. The standard InChI is InChI=1S/C12H14BrF2NO/c13-9-4-3-8-2-1-5-11(16,10(8)6-9)12(14,15)7-17/h3-4,6,17H,1-2,5,7,16H2/t11-/m1/s1. The molecule has 1 aliphatic carbocycles. The van der Waals surface area contributed by atoms with Crippen LogP contribution in [0.3, 0.4) is 0 Å². The summed E-state index contributed by atoms with van der Waals surface area (Å²) in [6, 6.07) is 5.27. The molecule has 2 rings (SSSR count). The molecule has 0 bridgehead atoms. The van der Waals surface area contributed by atoms with E-state index in [-0.39, 0.29) is 6.42 Å². The molecule has 5 heteroatoms. The number of halogens is 3. The number of aliphatic hydroxyl groups is 1. The largest absolute Gasteiger partial charge is 0.390 e. The predicted octanol–water partition coefficient (Wildman–Crippen LogP) is 2.57. The van der Waals surface area contributed by atoms with Crippen LogP contribution in [0.1, 0.15) is 24.0 Å². The fourth-order valence-electron chi connectivity index (χ4n) is 2.40. The Labute approximate surface area is 107 Å². The van der Waals surface area contributed by atoms with Crippen LogP contribution < -0.4 is 5.73 Å². The van der Waals surface area contributed by atoms with Gasteiger partial charge in [0.15, 0.2) is 0 Å². The topological polar surface area (TPSA) is 46.2 Å². The molecule has 0 aliphatic heterocycles. The van der Waals surface area contributed by atoms with Gasteiger partial charge in [-0.15, -0.1) is 0 Å². The molecule has 0 spiro atoms. The van der Waals surface area contributed by atoms with E-state index in [1.54, 1.807) is 6.07 Å². The lowest BCUT2D eigenvalue weighted by atomic mass is 9.73. The van der Waals surface area contributed by atoms with Crippen LogP contribution in [0.2, 0.25) is 0 Å². The second kappa shape index (κ2) is 4.30. The minimum absolute atomic E-state index is 0.185. The average Bonchev–Trinajstić information content (AvgIpc) is 2.30. The van der Waals surface area contributed by atoms with Gasteiger partial charge in [-0.3, -0.25) is 0 Å². The number of rotatable bonds is 2. The second-order valence-corrected chi connectivity index (χ2v) is 5.40. The zero-order valence-corrected chi connectivity index (χ0v) is 10.8. The third kappa shape index (κ3) is 2.00. The summed E-state index contributed by atoms with van der Waals surface area (Å²) in [7, 11) is 0. The molecule has 0 saturated carbocycles. The number of benzene rings is 1. The Morgan fingerprint density at radius 2 is 2.18 bits per heavy atom. The van der Waals surface area contributed by atoms with Gasteiger partial charge in [-0.05, 0) is 42.5 Å². The van der Waals surface area contributed by atoms with Gasteiger partial charge in [-0.1, -0.05) is 22.0 Å². The van der Waals surface area contributed by atoms with E-state index in [2.05, 4.69) is 15.9 Å². The van der Waals surface area contributed by atoms with E-state index in [0.717, 1.165) is 16.5 Å². The molecule has 0 amide bonds. The van der Waals surface area contributed by atoms with Crippen LogP contribution >= 0.6 is 15.9 Å². The highest BCUT2D eigenvalue weighted by atomic mass is 79.9. The normalized spacial score (nSPS) is 24.5. The summed E-state index contributed by atoms with van der Waals surface area (Å²) in [4.78, 5) is 0. The number of aliphatic hydroxyl groups excluding tert-OH is 1. The molecule has 0 heterocycles. The van der Waals surface area contributed by atoms with Crippen molar-refractivity contribution >= 4 is 15.9 Å². The van der Waals surface area contributed by atoms with Gasteiger partial charge in [0.25, 0.3) is 5.92 Å². The molecular weight excluding hydrogens is 292 g/mol. The molecule has 0 radical (unpaired) electrons. The van der Waals surface area contributed by atoms with Crippen LogP contribution in [0.15, 0.2) is 22.7 Å². The average molecular weight is 306 g/mol. The molecule has 1 aliphatic rings. The van der Waals surface area contributed by atoms with E-state index in [1.165, 1.54) is 0 Å². The van der Waals surface area contributed by atoms with Crippen LogP contribution in [0.25, 0.3) is 0 Å². The van der Waals surface area contributed by atoms with Crippen molar-refractivity contribution in [3.63, 3.8) is 0 Å². The summed E-state index contributed by atoms with van der Waals surface area (Å²) < 4.78 is 28.4. The quantitative estimate of drug-likeness (QED) is 0.882. The van der Waals surface area contributed by atoms with Gasteiger partial charge in [0.1, 0.15) is 12.1 Å². The number of alkyl halides is 2. The maximum absolute atomic E-state index is 13.8. The Morgan fingerprint density at radius 3 is 2.82 bits per heavy atom. The van der Waals surface area contributed by atoms with Gasteiger partial charge < -0.3 is 10.8 Å². The van der Waals surface area contributed by atoms with Gasteiger partial charge in [0.2, 0.25) is 0 Å². The zero-order valence-electron chi connectivity index (χ0n) is 9.22. The van der Waals surface area contributed by atoms with Crippen molar-refractivity contribution in [1.29, 1.82) is 0 Å². The van der Waals surface area contributed by atoms with Crippen LogP contribution in [0.5, 0.6) is 0 Å². The second-order valence-electron chi connectivity index (χ2n) is 4.49. The van der Waals surface area contributed by atoms with E-state index < -0.39 is 18.1 Å². The summed E-state index contributed by atoms with van der Waals surface area (Å²) in [5.41, 5.74) is 5.42. The summed E-state index contributed by atoms with van der Waals surface area (Å²) in [5, 5.41) is 8.86. The van der Waals surface area contributed by atoms with E-state index in [1.807, 2.05) is 12.1 Å². The Morgan fingerprint density at radius 1 is 1.47 bits per heavy atom. The van der Waals surface area contributed by atoms with Gasteiger partial charge >= 0.3 is 0 Å². The lowest BCUT2D eigenvalue weighted by Crippen LogP contribution is -2.56. The number of nitrogens with two attached hydrogens (primary N) is 1. The van der Waals surface area contributed by atoms with Crippen molar-refractivity contribution in [2.75, 3.05) is 6.61 Å². The van der Waals surface area contributed by atoms with Crippen LogP contribution in [0.4, 0.5) is 8.78 Å². The Hall–Kier alpha value is -0.520. The van der Waals surface area contributed by atoms with Crippen LogP contribution in [-0.2, 0) is 12.0 Å². The van der Waals surface area contributed by atoms with Crippen molar-refractivity contribution in [1.82, 2.24) is 0 Å². The van der Waals surface area contributed by atoms with Crippen LogP contribution in [0, 0.1) is 0 Å². The lowest BCUT2D eigenvalue weighted by molar-refractivity contribution is -0.119. The molecule has 1 aromatic rings. The molecular formula is C12H14BrF2NO. The molecule has 1 atom stereocenters. The van der Waals surface area contributed by atoms with Crippen molar-refractivity contribution in [3.8, 4) is 0 Å². The highest BCUT2D eigenvalue weighted by Gasteiger charge is 2.53. The first-order valence-corrected chi connectivity index (χ1v) is 6.26. The van der Waals surface area contributed by atoms with E-state index in [0.29, 0.717) is 12.0 Å². The SMILES string of the molecule is N[C@]1(C(F)(F)CO)CCCc2ccc(Br)cc21. The van der Waals surface area contributed by atoms with Gasteiger partial charge in [-0.25, -0.2) is 8.78 Å². The van der Waals surface area contributed by atoms with Crippen molar-refractivity contribution in [2.45, 2.75) is 30.7 Å². The summed E-state index contributed by atoms with van der Waals surface area (Å²) in [6.07, 6.45) is 1.55. The predicted molar refractivity (Wildman–Crippen MR) is 65.0 cm³/mol. The molecule has 1 aromatic carbocycles. The van der Waals surface area contributed by atoms with Crippen molar-refractivity contribution < 1.29 is 13.9 Å². The summed E-state index contributed by atoms with van der Waals surface area (Å²) >= 11 is 3.27. The maximum Gasteiger partial charge on any atom is 0.292 e. The number of hydrogen-bond acceptors (Lipinski definition) is 2. The highest BCUT2D eigenvalue weighted by Crippen LogP contribution is 2.44. The first kappa shape index (κ1) is 12.9. The molecule has 3 N–H and O–H groups in total. The summed E-state index contributed by atoms with van der Waals surface area (Å²) in [6.45, 7) is -1.23. The van der Waals surface area contributed by atoms with Gasteiger partial charge in [-0.2, -0.15) is 0 Å². The molecule has 2 nitrogen and oxygen atoms in total. The lowest BCUT2D eigenvalue weighted by Gasteiger charge is -2.40. The molecule has 0 aromatic heterocycles. The molecule has 0 fully saturated rings. The minimum atomic E-state index is -3.30. The molecule has 0 saturated heterocycles. The fraction of sp³-hybridized carbons (Fsp3) is 0.500. The number of hydrogen-bond donors (Lipinski definition) is 2. The van der Waals surface area contributed by atoms with E-state index in [4.69, 9.17) is 10.8 Å². The Kier molecular flexibility index (Phi) is 3.27. The summed E-state index contributed by atoms with van der Waals surface area (Å²) in [5.74, 6) is -3.30. The van der Waals surface area contributed by atoms with Gasteiger partial charge in [0.05, 0.1) is 0 Å². The van der Waals surface area contributed by atoms with Crippen molar-refractivity contribution in [2.24, 2.45) is 5.73 Å². The zero-order chi connectivity index (χ0) is 12.7. The monoisotopic (exact) mass is 305 g/mol. The van der Waals surface area contributed by atoms with E-state index >= 15 is 0 Å². The minimum Gasteiger partial charge on any atom is -0.390 e. The third-order valence-corrected chi connectivity index (χ3v) is 3.91. The fourth-order valence-corrected chi connectivity index (χ4v) is 2.76. The Balaban J connectivity index is 2.57. The van der Waals surface area contributed by atoms with Crippen molar-refractivity contribution in [3.05, 3.63) is 33.8 Å². The molecule has 17 heavy (non-hydrogen) atoms.